The molecule has 0 aromatic heterocycles. The van der Waals surface area contributed by atoms with Crippen LogP contribution in [-0.4, -0.2) is 24.3 Å². The van der Waals surface area contributed by atoms with Gasteiger partial charge < -0.3 is 18.9 Å². The van der Waals surface area contributed by atoms with Crippen molar-refractivity contribution in [3.63, 3.8) is 0 Å². The van der Waals surface area contributed by atoms with Crippen LogP contribution in [0.1, 0.15) is 28.4 Å². The van der Waals surface area contributed by atoms with E-state index in [4.69, 9.17) is 30.5 Å². The summed E-state index contributed by atoms with van der Waals surface area (Å²) in [7, 11) is 0. The summed E-state index contributed by atoms with van der Waals surface area (Å²) in [6, 6.07) is 7.20. The summed E-state index contributed by atoms with van der Waals surface area (Å²) in [4.78, 5) is 22.6. The average molecular weight is 394 g/mol. The standard InChI is InChI=1S/C18H16ClNO7/c1-2-25-18(21)15-7-14(20(22)23)3-4-16(15)26-9-12-6-13(19)5-11-8-24-10-27-17(11)12/h3-7H,2,8-10H2,1H3. The van der Waals surface area contributed by atoms with Gasteiger partial charge in [-0.05, 0) is 25.1 Å². The van der Waals surface area contributed by atoms with Crippen LogP contribution in [0.5, 0.6) is 11.5 Å². The van der Waals surface area contributed by atoms with Crippen LogP contribution in [0.3, 0.4) is 0 Å². The van der Waals surface area contributed by atoms with E-state index in [1.54, 1.807) is 19.1 Å². The molecule has 0 aliphatic carbocycles. The van der Waals surface area contributed by atoms with Crippen LogP contribution < -0.4 is 9.47 Å². The Hall–Kier alpha value is -2.84. The third-order valence-electron chi connectivity index (χ3n) is 3.80. The molecule has 1 heterocycles. The highest BCUT2D eigenvalue weighted by atomic mass is 35.5. The molecule has 8 nitrogen and oxygen atoms in total. The van der Waals surface area contributed by atoms with Gasteiger partial charge in [0.25, 0.3) is 5.69 Å². The van der Waals surface area contributed by atoms with Crippen molar-refractivity contribution in [1.29, 1.82) is 0 Å². The number of nitro benzene ring substituents is 1. The predicted molar refractivity (Wildman–Crippen MR) is 95.1 cm³/mol. The van der Waals surface area contributed by atoms with Crippen molar-refractivity contribution < 1.29 is 28.7 Å². The summed E-state index contributed by atoms with van der Waals surface area (Å²) in [5, 5.41) is 11.5. The molecule has 0 amide bonds. The van der Waals surface area contributed by atoms with Gasteiger partial charge in [-0.25, -0.2) is 4.79 Å². The molecule has 9 heteroatoms. The maximum atomic E-state index is 12.2. The number of nitrogens with zero attached hydrogens (tertiary/aromatic N) is 1. The highest BCUT2D eigenvalue weighted by Gasteiger charge is 2.21. The summed E-state index contributed by atoms with van der Waals surface area (Å²) in [6.07, 6.45) is 0. The third kappa shape index (κ3) is 4.29. The molecular formula is C18H16ClNO7. The minimum atomic E-state index is -0.700. The second kappa shape index (κ2) is 8.24. The zero-order valence-corrected chi connectivity index (χ0v) is 15.2. The number of nitro groups is 1. The van der Waals surface area contributed by atoms with Crippen molar-refractivity contribution in [2.45, 2.75) is 20.1 Å². The largest absolute Gasteiger partial charge is 0.488 e. The Morgan fingerprint density at radius 3 is 2.89 bits per heavy atom. The molecule has 3 rings (SSSR count). The number of carbonyl (C=O) groups is 1. The Bertz CT molecular complexity index is 884. The molecule has 0 saturated carbocycles. The SMILES string of the molecule is CCOC(=O)c1cc([N+](=O)[O-])ccc1OCc1cc(Cl)cc2c1OCOC2. The van der Waals surface area contributed by atoms with Crippen LogP contribution in [0.25, 0.3) is 0 Å². The Kier molecular flexibility index (Phi) is 5.78. The van der Waals surface area contributed by atoms with E-state index in [0.29, 0.717) is 22.9 Å². The number of halogens is 1. The molecule has 0 atom stereocenters. The van der Waals surface area contributed by atoms with Gasteiger partial charge in [-0.3, -0.25) is 10.1 Å². The van der Waals surface area contributed by atoms with Gasteiger partial charge >= 0.3 is 5.97 Å². The minimum absolute atomic E-state index is 0.0220. The third-order valence-corrected chi connectivity index (χ3v) is 4.02. The van der Waals surface area contributed by atoms with Gasteiger partial charge in [0.05, 0.1) is 18.1 Å². The Labute approximate surface area is 159 Å². The highest BCUT2D eigenvalue weighted by Crippen LogP contribution is 2.33. The normalized spacial score (nSPS) is 12.7. The molecule has 2 aromatic carbocycles. The summed E-state index contributed by atoms with van der Waals surface area (Å²) in [5.41, 5.74) is 1.22. The van der Waals surface area contributed by atoms with Crippen LogP contribution in [-0.2, 0) is 22.7 Å². The fraction of sp³-hybridized carbons (Fsp3) is 0.278. The van der Waals surface area contributed by atoms with E-state index in [1.165, 1.54) is 12.1 Å². The predicted octanol–water partition coefficient (Wildman–Crippen LogP) is 3.87. The minimum Gasteiger partial charge on any atom is -0.488 e. The number of non-ortho nitro benzene ring substituents is 1. The van der Waals surface area contributed by atoms with E-state index in [1.807, 2.05) is 0 Å². The van der Waals surface area contributed by atoms with Crippen molar-refractivity contribution >= 4 is 23.3 Å². The van der Waals surface area contributed by atoms with Crippen molar-refractivity contribution in [1.82, 2.24) is 0 Å². The Morgan fingerprint density at radius 2 is 2.15 bits per heavy atom. The molecule has 27 heavy (non-hydrogen) atoms. The lowest BCUT2D eigenvalue weighted by Crippen LogP contribution is -2.14. The van der Waals surface area contributed by atoms with Crippen LogP contribution in [0.15, 0.2) is 30.3 Å². The monoisotopic (exact) mass is 393 g/mol. The van der Waals surface area contributed by atoms with Crippen molar-refractivity contribution in [3.8, 4) is 11.5 Å². The quantitative estimate of drug-likeness (QED) is 0.417. The molecule has 0 unspecified atom stereocenters. The van der Waals surface area contributed by atoms with E-state index >= 15 is 0 Å². The second-order valence-electron chi connectivity index (χ2n) is 5.61. The first-order valence-corrected chi connectivity index (χ1v) is 8.47. The maximum Gasteiger partial charge on any atom is 0.342 e. The van der Waals surface area contributed by atoms with Crippen LogP contribution >= 0.6 is 11.6 Å². The van der Waals surface area contributed by atoms with Gasteiger partial charge in [0.1, 0.15) is 23.7 Å². The first-order chi connectivity index (χ1) is 13.0. The number of hydrogen-bond donors (Lipinski definition) is 0. The first kappa shape index (κ1) is 18.9. The average Bonchev–Trinajstić information content (AvgIpc) is 2.66. The number of esters is 1. The maximum absolute atomic E-state index is 12.2. The number of benzene rings is 2. The number of ether oxygens (including phenoxy) is 4. The van der Waals surface area contributed by atoms with E-state index in [-0.39, 0.29) is 37.0 Å². The number of fused-ring (bicyclic) bond motifs is 1. The van der Waals surface area contributed by atoms with Gasteiger partial charge in [-0.1, -0.05) is 11.6 Å². The fourth-order valence-corrected chi connectivity index (χ4v) is 2.91. The molecule has 0 saturated heterocycles. The van der Waals surface area contributed by atoms with E-state index in [9.17, 15) is 14.9 Å². The number of rotatable bonds is 6. The molecule has 1 aliphatic heterocycles. The zero-order chi connectivity index (χ0) is 19.4. The second-order valence-corrected chi connectivity index (χ2v) is 6.05. The van der Waals surface area contributed by atoms with Crippen LogP contribution in [0.4, 0.5) is 5.69 Å². The first-order valence-electron chi connectivity index (χ1n) is 8.09. The smallest absolute Gasteiger partial charge is 0.342 e. The lowest BCUT2D eigenvalue weighted by Gasteiger charge is -2.21. The van der Waals surface area contributed by atoms with Crippen molar-refractivity contribution in [3.05, 3.63) is 62.2 Å². The molecule has 0 radical (unpaired) electrons. The number of hydrogen-bond acceptors (Lipinski definition) is 7. The van der Waals surface area contributed by atoms with Crippen LogP contribution in [0, 0.1) is 10.1 Å². The van der Waals surface area contributed by atoms with Crippen LogP contribution in [0.2, 0.25) is 5.02 Å². The lowest BCUT2D eigenvalue weighted by atomic mass is 10.1. The topological polar surface area (TPSA) is 97.1 Å². The summed E-state index contributed by atoms with van der Waals surface area (Å²) >= 11 is 6.13. The summed E-state index contributed by atoms with van der Waals surface area (Å²) < 4.78 is 21.5. The molecular weight excluding hydrogens is 378 g/mol. The summed E-state index contributed by atoms with van der Waals surface area (Å²) in [6.45, 7) is 2.32. The molecule has 0 spiro atoms. The Morgan fingerprint density at radius 1 is 1.33 bits per heavy atom. The van der Waals surface area contributed by atoms with Gasteiger partial charge in [0.15, 0.2) is 6.79 Å². The molecule has 2 aromatic rings. The zero-order valence-electron chi connectivity index (χ0n) is 14.4. The van der Waals surface area contributed by atoms with E-state index in [0.717, 1.165) is 11.6 Å². The molecule has 0 bridgehead atoms. The van der Waals surface area contributed by atoms with E-state index in [2.05, 4.69) is 0 Å². The molecule has 0 N–H and O–H groups in total. The van der Waals surface area contributed by atoms with Gasteiger partial charge in [-0.2, -0.15) is 0 Å². The van der Waals surface area contributed by atoms with Gasteiger partial charge in [0.2, 0.25) is 0 Å². The van der Waals surface area contributed by atoms with Gasteiger partial charge in [0, 0.05) is 28.3 Å². The van der Waals surface area contributed by atoms with Crippen molar-refractivity contribution in [2.75, 3.05) is 13.4 Å². The molecule has 0 fully saturated rings. The Balaban J connectivity index is 1.89. The molecule has 1 aliphatic rings. The highest BCUT2D eigenvalue weighted by molar-refractivity contribution is 6.30. The lowest BCUT2D eigenvalue weighted by molar-refractivity contribution is -0.384. The van der Waals surface area contributed by atoms with Gasteiger partial charge in [-0.15, -0.1) is 0 Å². The van der Waals surface area contributed by atoms with E-state index < -0.39 is 10.9 Å². The number of carbonyl (C=O) groups excluding carboxylic acids is 1. The molecule has 142 valence electrons. The summed E-state index contributed by atoms with van der Waals surface area (Å²) in [5.74, 6) is 0.0825. The van der Waals surface area contributed by atoms with Crippen molar-refractivity contribution in [2.24, 2.45) is 0 Å². The fourth-order valence-electron chi connectivity index (χ4n) is 2.65.